The Hall–Kier alpha value is -3.92. The summed E-state index contributed by atoms with van der Waals surface area (Å²) >= 11 is 3.35. The molecule has 1 atom stereocenters. The maximum Gasteiger partial charge on any atom is 0.416 e. The summed E-state index contributed by atoms with van der Waals surface area (Å²) in [6.07, 6.45) is -1.64. The van der Waals surface area contributed by atoms with Crippen LogP contribution in [0.4, 0.5) is 13.2 Å². The summed E-state index contributed by atoms with van der Waals surface area (Å²) in [6.45, 7) is -0.282. The maximum atomic E-state index is 13.6. The molecule has 2 aromatic heterocycles. The van der Waals surface area contributed by atoms with Crippen molar-refractivity contribution in [2.24, 2.45) is 0 Å². The monoisotopic (exact) mass is 556 g/mol. The molecular formula is C26H16BrF3N2O4. The van der Waals surface area contributed by atoms with Crippen LogP contribution in [0.5, 0.6) is 0 Å². The third-order valence-electron chi connectivity index (χ3n) is 5.86. The number of aliphatic hydroxyl groups is 1. The minimum absolute atomic E-state index is 0.0905. The number of Topliss-reactive ketones (excluding diaryl/α,β-unsaturated/α-hetero) is 1. The van der Waals surface area contributed by atoms with Gasteiger partial charge in [-0.2, -0.15) is 13.2 Å². The summed E-state index contributed by atoms with van der Waals surface area (Å²) < 4.78 is 46.2. The van der Waals surface area contributed by atoms with Crippen molar-refractivity contribution in [2.75, 3.05) is 0 Å². The van der Waals surface area contributed by atoms with Crippen LogP contribution < -0.4 is 0 Å². The lowest BCUT2D eigenvalue weighted by Gasteiger charge is -2.26. The predicted molar refractivity (Wildman–Crippen MR) is 127 cm³/mol. The summed E-state index contributed by atoms with van der Waals surface area (Å²) in [7, 11) is 0. The lowest BCUT2D eigenvalue weighted by atomic mass is 9.96. The zero-order valence-corrected chi connectivity index (χ0v) is 19.9. The number of ketones is 1. The van der Waals surface area contributed by atoms with E-state index in [1.54, 1.807) is 30.3 Å². The Morgan fingerprint density at radius 3 is 2.64 bits per heavy atom. The molecule has 0 bridgehead atoms. The number of aromatic nitrogens is 1. The van der Waals surface area contributed by atoms with E-state index in [-0.39, 0.29) is 23.4 Å². The third kappa shape index (κ3) is 4.28. The van der Waals surface area contributed by atoms with Gasteiger partial charge in [0.25, 0.3) is 5.91 Å². The molecule has 0 spiro atoms. The molecule has 10 heteroatoms. The Balaban J connectivity index is 1.57. The highest BCUT2D eigenvalue weighted by Crippen LogP contribution is 2.41. The topological polar surface area (TPSA) is 83.6 Å². The molecule has 36 heavy (non-hydrogen) atoms. The quantitative estimate of drug-likeness (QED) is 0.288. The molecule has 1 amide bonds. The van der Waals surface area contributed by atoms with Crippen molar-refractivity contribution in [1.29, 1.82) is 0 Å². The first kappa shape index (κ1) is 23.8. The van der Waals surface area contributed by atoms with Gasteiger partial charge in [-0.3, -0.25) is 14.6 Å². The molecule has 6 nitrogen and oxygen atoms in total. The van der Waals surface area contributed by atoms with E-state index < -0.39 is 35.2 Å². The van der Waals surface area contributed by atoms with Gasteiger partial charge in [-0.15, -0.1) is 0 Å². The first-order chi connectivity index (χ1) is 17.1. The second kappa shape index (κ2) is 8.94. The highest BCUT2D eigenvalue weighted by molar-refractivity contribution is 9.10. The number of benzene rings is 2. The van der Waals surface area contributed by atoms with Gasteiger partial charge < -0.3 is 14.4 Å². The van der Waals surface area contributed by atoms with E-state index in [1.165, 1.54) is 30.6 Å². The Labute approximate surface area is 210 Å². The molecule has 1 N–H and O–H groups in total. The Bertz CT molecular complexity index is 1530. The smallest absolute Gasteiger partial charge is 0.416 e. The van der Waals surface area contributed by atoms with Crippen molar-refractivity contribution in [3.05, 3.63) is 111 Å². The molecule has 0 fully saturated rings. The first-order valence-corrected chi connectivity index (χ1v) is 11.5. The number of furan rings is 1. The average molecular weight is 557 g/mol. The second-order valence-corrected chi connectivity index (χ2v) is 9.12. The molecule has 2 aromatic carbocycles. The molecule has 182 valence electrons. The predicted octanol–water partition coefficient (Wildman–Crippen LogP) is 6.39. The van der Waals surface area contributed by atoms with Gasteiger partial charge in [-0.25, -0.2) is 0 Å². The van der Waals surface area contributed by atoms with E-state index >= 15 is 0 Å². The van der Waals surface area contributed by atoms with E-state index in [0.29, 0.717) is 16.5 Å². The summed E-state index contributed by atoms with van der Waals surface area (Å²) in [5, 5.41) is 11.4. The molecule has 4 aromatic rings. The minimum atomic E-state index is -4.56. The highest BCUT2D eigenvalue weighted by atomic mass is 79.9. The largest absolute Gasteiger partial charge is 0.503 e. The highest BCUT2D eigenvalue weighted by Gasteiger charge is 2.45. The number of pyridine rings is 1. The van der Waals surface area contributed by atoms with Gasteiger partial charge in [0.2, 0.25) is 5.78 Å². The molecule has 1 aliphatic heterocycles. The van der Waals surface area contributed by atoms with E-state index in [0.717, 1.165) is 21.5 Å². The molecule has 1 unspecified atom stereocenters. The van der Waals surface area contributed by atoms with Gasteiger partial charge in [0.1, 0.15) is 5.58 Å². The van der Waals surface area contributed by atoms with Crippen LogP contribution in [-0.4, -0.2) is 26.7 Å². The Morgan fingerprint density at radius 1 is 1.11 bits per heavy atom. The number of nitrogens with zero attached hydrogens (tertiary/aromatic N) is 2. The standard InChI is InChI=1S/C26H16BrF3N2O4/c27-18-6-7-19-16(10-18)11-20(36-19)23(33)21-22(15-4-2-8-31-12-15)32(25(35)24(21)34)13-14-3-1-5-17(9-14)26(28,29)30/h1-12,22,34H,13H2. The van der Waals surface area contributed by atoms with E-state index in [2.05, 4.69) is 20.9 Å². The van der Waals surface area contributed by atoms with Crippen molar-refractivity contribution in [3.63, 3.8) is 0 Å². The summed E-state index contributed by atoms with van der Waals surface area (Å²) in [4.78, 5) is 31.9. The van der Waals surface area contributed by atoms with Gasteiger partial charge in [0.15, 0.2) is 11.5 Å². The summed E-state index contributed by atoms with van der Waals surface area (Å²) in [5.41, 5.74) is -0.0828. The Morgan fingerprint density at radius 2 is 1.92 bits per heavy atom. The van der Waals surface area contributed by atoms with Crippen molar-refractivity contribution in [3.8, 4) is 0 Å². The molecule has 5 rings (SSSR count). The lowest BCUT2D eigenvalue weighted by Crippen LogP contribution is -2.30. The molecular weight excluding hydrogens is 541 g/mol. The summed E-state index contributed by atoms with van der Waals surface area (Å²) in [6, 6.07) is 13.3. The number of alkyl halides is 3. The number of carbonyl (C=O) groups is 2. The SMILES string of the molecule is O=C(C1=C(O)C(=O)N(Cc2cccc(C(F)(F)F)c2)C1c1cccnc1)c1cc2cc(Br)ccc2o1. The van der Waals surface area contributed by atoms with Crippen LogP contribution in [-0.2, 0) is 17.5 Å². The zero-order chi connectivity index (χ0) is 25.6. The molecule has 0 radical (unpaired) electrons. The molecule has 3 heterocycles. The van der Waals surface area contributed by atoms with Crippen molar-refractivity contribution < 1.29 is 32.3 Å². The van der Waals surface area contributed by atoms with Crippen LogP contribution in [0.2, 0.25) is 0 Å². The average Bonchev–Trinajstić information content (AvgIpc) is 3.38. The number of amides is 1. The van der Waals surface area contributed by atoms with Crippen LogP contribution in [0.3, 0.4) is 0 Å². The van der Waals surface area contributed by atoms with Crippen molar-refractivity contribution in [2.45, 2.75) is 18.8 Å². The summed E-state index contributed by atoms with van der Waals surface area (Å²) in [5.74, 6) is -2.48. The van der Waals surface area contributed by atoms with Gasteiger partial charge >= 0.3 is 6.18 Å². The maximum absolute atomic E-state index is 13.6. The molecule has 0 saturated heterocycles. The minimum Gasteiger partial charge on any atom is -0.503 e. The number of hydrogen-bond acceptors (Lipinski definition) is 5. The number of halogens is 4. The molecule has 0 saturated carbocycles. The fourth-order valence-electron chi connectivity index (χ4n) is 4.23. The van der Waals surface area contributed by atoms with Gasteiger partial charge in [-0.1, -0.05) is 34.1 Å². The van der Waals surface area contributed by atoms with Gasteiger partial charge in [0.05, 0.1) is 17.2 Å². The second-order valence-electron chi connectivity index (χ2n) is 8.20. The fraction of sp³-hybridized carbons (Fsp3) is 0.115. The van der Waals surface area contributed by atoms with Crippen LogP contribution >= 0.6 is 15.9 Å². The zero-order valence-electron chi connectivity index (χ0n) is 18.3. The Kier molecular flexibility index (Phi) is 5.91. The van der Waals surface area contributed by atoms with Crippen molar-refractivity contribution >= 4 is 38.6 Å². The fourth-order valence-corrected chi connectivity index (χ4v) is 4.61. The first-order valence-electron chi connectivity index (χ1n) is 10.7. The number of aliphatic hydroxyl groups excluding tert-OH is 1. The number of fused-ring (bicyclic) bond motifs is 1. The van der Waals surface area contributed by atoms with Crippen LogP contribution in [0.1, 0.15) is 33.3 Å². The molecule has 1 aliphatic rings. The van der Waals surface area contributed by atoms with Gasteiger partial charge in [0, 0.05) is 28.8 Å². The van der Waals surface area contributed by atoms with E-state index in [9.17, 15) is 27.9 Å². The van der Waals surface area contributed by atoms with Gasteiger partial charge in [-0.05, 0) is 53.6 Å². The van der Waals surface area contributed by atoms with Crippen LogP contribution in [0.15, 0.2) is 93.3 Å². The third-order valence-corrected chi connectivity index (χ3v) is 6.35. The molecule has 0 aliphatic carbocycles. The van der Waals surface area contributed by atoms with Crippen LogP contribution in [0, 0.1) is 0 Å². The van der Waals surface area contributed by atoms with Crippen molar-refractivity contribution in [1.82, 2.24) is 9.88 Å². The van der Waals surface area contributed by atoms with Crippen LogP contribution in [0.25, 0.3) is 11.0 Å². The lowest BCUT2D eigenvalue weighted by molar-refractivity contribution is -0.137. The van der Waals surface area contributed by atoms with E-state index in [1.807, 2.05) is 0 Å². The number of hydrogen-bond donors (Lipinski definition) is 1. The number of rotatable bonds is 5. The normalized spacial score (nSPS) is 16.3. The van der Waals surface area contributed by atoms with E-state index in [4.69, 9.17) is 4.42 Å². The number of carbonyl (C=O) groups excluding carboxylic acids is 2.